The van der Waals surface area contributed by atoms with Crippen molar-refractivity contribution in [2.75, 3.05) is 25.0 Å². The summed E-state index contributed by atoms with van der Waals surface area (Å²) < 4.78 is 27.2. The predicted molar refractivity (Wildman–Crippen MR) is 117 cm³/mol. The summed E-state index contributed by atoms with van der Waals surface area (Å²) in [6.45, 7) is 3.62. The Labute approximate surface area is 184 Å². The van der Waals surface area contributed by atoms with Crippen molar-refractivity contribution in [2.24, 2.45) is 5.73 Å². The highest BCUT2D eigenvalue weighted by molar-refractivity contribution is 6.31. The Morgan fingerprint density at radius 1 is 1.29 bits per heavy atom. The number of anilines is 1. The number of benzene rings is 2. The summed E-state index contributed by atoms with van der Waals surface area (Å²) in [7, 11) is 0. The first-order chi connectivity index (χ1) is 14.7. The first kappa shape index (κ1) is 22.7. The molecule has 1 heterocycles. The highest BCUT2D eigenvalue weighted by Gasteiger charge is 2.36. The molecule has 1 aliphatic rings. The number of hydrogen-bond acceptors (Lipinski definition) is 3. The van der Waals surface area contributed by atoms with Crippen molar-refractivity contribution in [3.63, 3.8) is 0 Å². The number of amides is 3. The first-order valence-electron chi connectivity index (χ1n) is 9.68. The molecule has 31 heavy (non-hydrogen) atoms. The second-order valence-corrected chi connectivity index (χ2v) is 8.05. The molecule has 9 heteroatoms. The Kier molecular flexibility index (Phi) is 6.92. The average Bonchev–Trinajstić information content (AvgIpc) is 2.71. The number of nitrogens with one attached hydrogen (secondary N) is 2. The molecule has 6 nitrogen and oxygen atoms in total. The maximum atomic E-state index is 13.9. The van der Waals surface area contributed by atoms with E-state index in [4.69, 9.17) is 17.3 Å². The van der Waals surface area contributed by atoms with E-state index in [1.165, 1.54) is 30.4 Å². The lowest BCUT2D eigenvalue weighted by Gasteiger charge is -2.45. The van der Waals surface area contributed by atoms with Crippen molar-refractivity contribution in [2.45, 2.75) is 18.9 Å². The van der Waals surface area contributed by atoms with Gasteiger partial charge in [0.25, 0.3) is 0 Å². The largest absolute Gasteiger partial charge is 0.351 e. The van der Waals surface area contributed by atoms with Crippen molar-refractivity contribution >= 4 is 35.3 Å². The minimum Gasteiger partial charge on any atom is -0.351 e. The van der Waals surface area contributed by atoms with E-state index < -0.39 is 17.4 Å². The zero-order chi connectivity index (χ0) is 22.6. The summed E-state index contributed by atoms with van der Waals surface area (Å²) in [5.74, 6) is -1.28. The molecule has 3 amide bonds. The van der Waals surface area contributed by atoms with Gasteiger partial charge in [0.2, 0.25) is 5.91 Å². The van der Waals surface area contributed by atoms with Crippen molar-refractivity contribution in [1.29, 1.82) is 0 Å². The Morgan fingerprint density at radius 2 is 2.00 bits per heavy atom. The molecule has 2 aromatic carbocycles. The van der Waals surface area contributed by atoms with E-state index in [0.29, 0.717) is 26.1 Å². The van der Waals surface area contributed by atoms with Crippen LogP contribution < -0.4 is 16.4 Å². The molecule has 0 saturated carbocycles. The molecular weight excluding hydrogens is 426 g/mol. The van der Waals surface area contributed by atoms with E-state index in [2.05, 4.69) is 10.6 Å². The maximum absolute atomic E-state index is 13.9. The Morgan fingerprint density at radius 3 is 2.68 bits per heavy atom. The second-order valence-electron chi connectivity index (χ2n) is 7.64. The van der Waals surface area contributed by atoms with Gasteiger partial charge in [-0.15, -0.1) is 0 Å². The van der Waals surface area contributed by atoms with Crippen LogP contribution in [0.4, 0.5) is 19.3 Å². The van der Waals surface area contributed by atoms with Crippen LogP contribution in [0.5, 0.6) is 0 Å². The van der Waals surface area contributed by atoms with Crippen LogP contribution in [0.3, 0.4) is 0 Å². The van der Waals surface area contributed by atoms with E-state index >= 15 is 0 Å². The van der Waals surface area contributed by atoms with Crippen LogP contribution in [0.15, 0.2) is 42.5 Å². The molecule has 4 N–H and O–H groups in total. The Bertz CT molecular complexity index is 1010. The third-order valence-electron chi connectivity index (χ3n) is 5.19. The number of nitrogens with zero attached hydrogens (tertiary/aromatic N) is 1. The summed E-state index contributed by atoms with van der Waals surface area (Å²) in [6, 6.07) is 7.70. The van der Waals surface area contributed by atoms with Crippen molar-refractivity contribution in [3.8, 4) is 0 Å². The standard InChI is InChI=1S/C22H23ClF2N4O2/c1-22(12-14-2-5-16(24)6-3-14)13-27-8-9-29(22)20(30)7-4-15-10-18(25)17(23)11-19(15)28-21(26)31/h2-7,10-11,27H,8-9,12-13H2,1H3,(H3,26,28,31)/b7-4+/t22-/m1/s1. The van der Waals surface area contributed by atoms with Crippen LogP contribution in [-0.4, -0.2) is 42.0 Å². The molecule has 2 aromatic rings. The van der Waals surface area contributed by atoms with Crippen LogP contribution in [0.2, 0.25) is 5.02 Å². The fourth-order valence-corrected chi connectivity index (χ4v) is 3.85. The molecule has 1 saturated heterocycles. The van der Waals surface area contributed by atoms with E-state index in [1.54, 1.807) is 17.0 Å². The van der Waals surface area contributed by atoms with Gasteiger partial charge in [0.15, 0.2) is 0 Å². The third-order valence-corrected chi connectivity index (χ3v) is 5.48. The number of halogens is 3. The molecule has 0 aliphatic carbocycles. The maximum Gasteiger partial charge on any atom is 0.316 e. The minimum atomic E-state index is -0.836. The molecule has 0 radical (unpaired) electrons. The first-order valence-corrected chi connectivity index (χ1v) is 10.1. The SMILES string of the molecule is C[C@@]1(Cc2ccc(F)cc2)CNCCN1C(=O)/C=C/c1cc(F)c(Cl)cc1NC(N)=O. The lowest BCUT2D eigenvalue weighted by atomic mass is 9.89. The number of nitrogens with two attached hydrogens (primary N) is 1. The van der Waals surface area contributed by atoms with Gasteiger partial charge in [0, 0.05) is 31.3 Å². The number of rotatable bonds is 5. The zero-order valence-corrected chi connectivity index (χ0v) is 17.7. The second kappa shape index (κ2) is 9.45. The molecule has 0 spiro atoms. The van der Waals surface area contributed by atoms with E-state index in [-0.39, 0.29) is 28.0 Å². The minimum absolute atomic E-state index is 0.179. The monoisotopic (exact) mass is 448 g/mol. The molecule has 3 rings (SSSR count). The predicted octanol–water partition coefficient (Wildman–Crippen LogP) is 3.56. The van der Waals surface area contributed by atoms with Crippen molar-refractivity contribution in [1.82, 2.24) is 10.2 Å². The number of piperazine rings is 1. The van der Waals surface area contributed by atoms with Crippen LogP contribution >= 0.6 is 11.6 Å². The molecule has 0 unspecified atom stereocenters. The summed E-state index contributed by atoms with van der Waals surface area (Å²) >= 11 is 5.78. The molecule has 1 aliphatic heterocycles. The molecule has 164 valence electrons. The van der Waals surface area contributed by atoms with Crippen LogP contribution in [0.25, 0.3) is 6.08 Å². The van der Waals surface area contributed by atoms with Gasteiger partial charge in [0.1, 0.15) is 11.6 Å². The summed E-state index contributed by atoms with van der Waals surface area (Å²) in [4.78, 5) is 26.0. The van der Waals surface area contributed by atoms with Gasteiger partial charge < -0.3 is 21.3 Å². The topological polar surface area (TPSA) is 87.5 Å². The summed E-state index contributed by atoms with van der Waals surface area (Å²) in [6.07, 6.45) is 3.26. The van der Waals surface area contributed by atoms with Gasteiger partial charge >= 0.3 is 6.03 Å². The van der Waals surface area contributed by atoms with Gasteiger partial charge in [-0.3, -0.25) is 4.79 Å². The molecule has 1 atom stereocenters. The van der Waals surface area contributed by atoms with Crippen LogP contribution in [0, 0.1) is 11.6 Å². The third kappa shape index (κ3) is 5.59. The number of urea groups is 1. The van der Waals surface area contributed by atoms with Gasteiger partial charge in [-0.05, 0) is 49.2 Å². The van der Waals surface area contributed by atoms with E-state index in [9.17, 15) is 18.4 Å². The van der Waals surface area contributed by atoms with E-state index in [1.807, 2.05) is 6.92 Å². The lowest BCUT2D eigenvalue weighted by molar-refractivity contribution is -0.132. The normalized spacial score (nSPS) is 18.9. The smallest absolute Gasteiger partial charge is 0.316 e. The van der Waals surface area contributed by atoms with Crippen LogP contribution in [-0.2, 0) is 11.2 Å². The molecule has 0 bridgehead atoms. The number of carbonyl (C=O) groups is 2. The summed E-state index contributed by atoms with van der Waals surface area (Å²) in [5, 5.41) is 5.48. The van der Waals surface area contributed by atoms with Crippen LogP contribution in [0.1, 0.15) is 18.1 Å². The highest BCUT2D eigenvalue weighted by Crippen LogP contribution is 2.27. The zero-order valence-electron chi connectivity index (χ0n) is 16.9. The summed E-state index contributed by atoms with van der Waals surface area (Å²) in [5.41, 5.74) is 5.96. The van der Waals surface area contributed by atoms with Gasteiger partial charge in [-0.2, -0.15) is 0 Å². The molecular formula is C22H23ClF2N4O2. The average molecular weight is 449 g/mol. The van der Waals surface area contributed by atoms with Crippen molar-refractivity contribution < 1.29 is 18.4 Å². The number of hydrogen-bond donors (Lipinski definition) is 3. The van der Waals surface area contributed by atoms with Gasteiger partial charge in [-0.1, -0.05) is 23.7 Å². The van der Waals surface area contributed by atoms with Gasteiger partial charge in [-0.25, -0.2) is 13.6 Å². The quantitative estimate of drug-likeness (QED) is 0.611. The lowest BCUT2D eigenvalue weighted by Crippen LogP contribution is -2.62. The molecule has 0 aromatic heterocycles. The molecule has 1 fully saturated rings. The Balaban J connectivity index is 1.83. The van der Waals surface area contributed by atoms with Crippen molar-refractivity contribution in [3.05, 3.63) is 70.3 Å². The fraction of sp³-hybridized carbons (Fsp3) is 0.273. The number of carbonyl (C=O) groups excluding carboxylic acids is 2. The number of primary amides is 1. The highest BCUT2D eigenvalue weighted by atomic mass is 35.5. The fourth-order valence-electron chi connectivity index (χ4n) is 3.68. The Hall–Kier alpha value is -2.97. The van der Waals surface area contributed by atoms with E-state index in [0.717, 1.165) is 11.6 Å². The van der Waals surface area contributed by atoms with Gasteiger partial charge in [0.05, 0.1) is 16.2 Å².